The van der Waals surface area contributed by atoms with E-state index in [9.17, 15) is 4.79 Å². The van der Waals surface area contributed by atoms with Gasteiger partial charge in [-0.15, -0.1) is 11.6 Å². The van der Waals surface area contributed by atoms with Crippen LogP contribution < -0.4 is 0 Å². The summed E-state index contributed by atoms with van der Waals surface area (Å²) in [6, 6.07) is 0. The topological polar surface area (TPSA) is 20.3 Å². The van der Waals surface area contributed by atoms with Gasteiger partial charge >= 0.3 is 0 Å². The summed E-state index contributed by atoms with van der Waals surface area (Å²) >= 11 is 5.62. The van der Waals surface area contributed by atoms with E-state index in [2.05, 4.69) is 0 Å². The number of carbonyl (C=O) groups excluding carboxylic acids is 1. The highest BCUT2D eigenvalue weighted by atomic mass is 35.5. The molecule has 1 aliphatic rings. The number of unbranched alkanes of at least 4 members (excludes halogenated alkanes) is 2. The highest BCUT2D eigenvalue weighted by Gasteiger charge is 2.14. The third-order valence-corrected chi connectivity index (χ3v) is 3.25. The van der Waals surface area contributed by atoms with Crippen molar-refractivity contribution in [2.75, 3.05) is 19.0 Å². The zero-order chi connectivity index (χ0) is 10.9. The number of amides is 1. The molecule has 0 N–H and O–H groups in total. The van der Waals surface area contributed by atoms with Crippen molar-refractivity contribution in [3.05, 3.63) is 0 Å². The molecule has 1 heterocycles. The molecule has 0 aromatic heterocycles. The van der Waals surface area contributed by atoms with Crippen LogP contribution >= 0.6 is 11.6 Å². The van der Waals surface area contributed by atoms with Gasteiger partial charge in [-0.05, 0) is 25.7 Å². The van der Waals surface area contributed by atoms with E-state index >= 15 is 0 Å². The van der Waals surface area contributed by atoms with Crippen LogP contribution in [0.1, 0.15) is 51.4 Å². The maximum absolute atomic E-state index is 11.7. The monoisotopic (exact) mass is 231 g/mol. The molecule has 15 heavy (non-hydrogen) atoms. The molecule has 0 atom stereocenters. The first-order chi connectivity index (χ1) is 7.34. The minimum Gasteiger partial charge on any atom is -0.343 e. The second-order valence-electron chi connectivity index (χ2n) is 4.29. The lowest BCUT2D eigenvalue weighted by atomic mass is 10.1. The van der Waals surface area contributed by atoms with Gasteiger partial charge in [0.2, 0.25) is 5.91 Å². The summed E-state index contributed by atoms with van der Waals surface area (Å²) in [7, 11) is 0. The number of halogens is 1. The van der Waals surface area contributed by atoms with Crippen LogP contribution in [-0.2, 0) is 4.79 Å². The standard InChI is InChI=1S/C12H22ClNO/c13-9-5-3-7-11-14-10-6-2-1-4-8-12(14)15/h1-11H2. The van der Waals surface area contributed by atoms with Crippen molar-refractivity contribution in [1.29, 1.82) is 0 Å². The predicted octanol–water partition coefficient (Wildman–Crippen LogP) is 3.19. The third kappa shape index (κ3) is 5.41. The number of rotatable bonds is 5. The maximum atomic E-state index is 11.7. The summed E-state index contributed by atoms with van der Waals surface area (Å²) in [5, 5.41) is 0. The number of carbonyl (C=O) groups is 1. The predicted molar refractivity (Wildman–Crippen MR) is 64.2 cm³/mol. The average molecular weight is 232 g/mol. The SMILES string of the molecule is O=C1CCCCCCN1CCCCCCl. The average Bonchev–Trinajstić information content (AvgIpc) is 2.22. The molecular weight excluding hydrogens is 210 g/mol. The Kier molecular flexibility index (Phi) is 6.82. The second kappa shape index (κ2) is 7.98. The van der Waals surface area contributed by atoms with E-state index in [-0.39, 0.29) is 0 Å². The zero-order valence-corrected chi connectivity index (χ0v) is 10.3. The van der Waals surface area contributed by atoms with E-state index in [1.54, 1.807) is 0 Å². The number of hydrogen-bond acceptors (Lipinski definition) is 1. The van der Waals surface area contributed by atoms with Crippen LogP contribution in [0.2, 0.25) is 0 Å². The Balaban J connectivity index is 2.20. The minimum atomic E-state index is 0.362. The fraction of sp³-hybridized carbons (Fsp3) is 0.917. The van der Waals surface area contributed by atoms with Crippen molar-refractivity contribution in [1.82, 2.24) is 4.90 Å². The lowest BCUT2D eigenvalue weighted by Crippen LogP contribution is -2.33. The maximum Gasteiger partial charge on any atom is 0.222 e. The summed E-state index contributed by atoms with van der Waals surface area (Å²) in [6.45, 7) is 1.91. The molecule has 88 valence electrons. The van der Waals surface area contributed by atoms with Crippen molar-refractivity contribution >= 4 is 17.5 Å². The quantitative estimate of drug-likeness (QED) is 0.526. The summed E-state index contributed by atoms with van der Waals surface area (Å²) in [6.07, 6.45) is 8.86. The number of likely N-dealkylation sites (tertiary alicyclic amines) is 1. The van der Waals surface area contributed by atoms with Gasteiger partial charge in [0.05, 0.1) is 0 Å². The van der Waals surface area contributed by atoms with Crippen molar-refractivity contribution in [3.63, 3.8) is 0 Å². The van der Waals surface area contributed by atoms with E-state index in [4.69, 9.17) is 11.6 Å². The highest BCUT2D eigenvalue weighted by Crippen LogP contribution is 2.12. The molecule has 1 saturated heterocycles. The van der Waals surface area contributed by atoms with Crippen molar-refractivity contribution < 1.29 is 4.79 Å². The van der Waals surface area contributed by atoms with Gasteiger partial charge in [-0.1, -0.05) is 19.3 Å². The summed E-state index contributed by atoms with van der Waals surface area (Å²) in [5.74, 6) is 1.11. The fourth-order valence-corrected chi connectivity index (χ4v) is 2.21. The first-order valence-corrected chi connectivity index (χ1v) is 6.72. The highest BCUT2D eigenvalue weighted by molar-refractivity contribution is 6.17. The van der Waals surface area contributed by atoms with Crippen LogP contribution in [0.4, 0.5) is 0 Å². The van der Waals surface area contributed by atoms with E-state index in [1.807, 2.05) is 4.90 Å². The van der Waals surface area contributed by atoms with Gasteiger partial charge in [-0.2, -0.15) is 0 Å². The Hall–Kier alpha value is -0.240. The molecule has 1 aliphatic heterocycles. The van der Waals surface area contributed by atoms with E-state index in [0.717, 1.165) is 51.1 Å². The molecule has 0 aliphatic carbocycles. The van der Waals surface area contributed by atoms with Gasteiger partial charge < -0.3 is 4.90 Å². The fourth-order valence-electron chi connectivity index (χ4n) is 2.03. The zero-order valence-electron chi connectivity index (χ0n) is 9.51. The Labute approximate surface area is 98.0 Å². The van der Waals surface area contributed by atoms with Crippen molar-refractivity contribution in [2.45, 2.75) is 51.4 Å². The molecule has 1 rings (SSSR count). The van der Waals surface area contributed by atoms with Crippen molar-refractivity contribution in [2.24, 2.45) is 0 Å². The first kappa shape index (κ1) is 12.8. The number of hydrogen-bond donors (Lipinski definition) is 0. The van der Waals surface area contributed by atoms with Crippen LogP contribution in [0.5, 0.6) is 0 Å². The van der Waals surface area contributed by atoms with Gasteiger partial charge in [0.1, 0.15) is 0 Å². The van der Waals surface area contributed by atoms with Gasteiger partial charge in [-0.25, -0.2) is 0 Å². The molecule has 2 nitrogen and oxygen atoms in total. The Morgan fingerprint density at radius 3 is 2.67 bits per heavy atom. The van der Waals surface area contributed by atoms with E-state index in [0.29, 0.717) is 5.91 Å². The smallest absolute Gasteiger partial charge is 0.222 e. The van der Waals surface area contributed by atoms with Crippen LogP contribution in [0.25, 0.3) is 0 Å². The number of nitrogens with zero attached hydrogens (tertiary/aromatic N) is 1. The van der Waals surface area contributed by atoms with Gasteiger partial charge in [0.15, 0.2) is 0 Å². The molecular formula is C12H22ClNO. The molecule has 0 spiro atoms. The summed E-state index contributed by atoms with van der Waals surface area (Å²) < 4.78 is 0. The lowest BCUT2D eigenvalue weighted by Gasteiger charge is -2.24. The van der Waals surface area contributed by atoms with Gasteiger partial charge in [0.25, 0.3) is 0 Å². The Bertz CT molecular complexity index is 184. The van der Waals surface area contributed by atoms with E-state index in [1.165, 1.54) is 19.3 Å². The Morgan fingerprint density at radius 2 is 1.87 bits per heavy atom. The molecule has 0 bridgehead atoms. The van der Waals surface area contributed by atoms with Crippen LogP contribution in [0.15, 0.2) is 0 Å². The molecule has 0 unspecified atom stereocenters. The van der Waals surface area contributed by atoms with Gasteiger partial charge in [-0.3, -0.25) is 4.79 Å². The molecule has 3 heteroatoms. The molecule has 1 amide bonds. The Morgan fingerprint density at radius 1 is 1.07 bits per heavy atom. The summed E-state index contributed by atoms with van der Waals surface area (Å²) in [4.78, 5) is 13.8. The second-order valence-corrected chi connectivity index (χ2v) is 4.67. The molecule has 0 radical (unpaired) electrons. The normalized spacial score (nSPS) is 18.7. The molecule has 0 aromatic carbocycles. The largest absolute Gasteiger partial charge is 0.343 e. The molecule has 1 fully saturated rings. The minimum absolute atomic E-state index is 0.362. The van der Waals surface area contributed by atoms with Crippen LogP contribution in [0, 0.1) is 0 Å². The van der Waals surface area contributed by atoms with Crippen molar-refractivity contribution in [3.8, 4) is 0 Å². The molecule has 0 saturated carbocycles. The third-order valence-electron chi connectivity index (χ3n) is 2.98. The number of alkyl halides is 1. The molecule has 0 aromatic rings. The van der Waals surface area contributed by atoms with Gasteiger partial charge in [0, 0.05) is 25.4 Å². The van der Waals surface area contributed by atoms with Crippen LogP contribution in [0.3, 0.4) is 0 Å². The summed E-state index contributed by atoms with van der Waals surface area (Å²) in [5.41, 5.74) is 0. The first-order valence-electron chi connectivity index (χ1n) is 6.18. The van der Waals surface area contributed by atoms with Crippen LogP contribution in [-0.4, -0.2) is 29.8 Å². The van der Waals surface area contributed by atoms with E-state index < -0.39 is 0 Å². The lowest BCUT2D eigenvalue weighted by molar-refractivity contribution is -0.131.